The van der Waals surface area contributed by atoms with Gasteiger partial charge in [0.15, 0.2) is 0 Å². The predicted molar refractivity (Wildman–Crippen MR) is 87.6 cm³/mol. The van der Waals surface area contributed by atoms with Crippen LogP contribution in [-0.2, 0) is 0 Å². The van der Waals surface area contributed by atoms with Crippen molar-refractivity contribution in [1.29, 1.82) is 5.26 Å². The predicted octanol–water partition coefficient (Wildman–Crippen LogP) is 2.67. The summed E-state index contributed by atoms with van der Waals surface area (Å²) in [6.07, 6.45) is -0.645. The van der Waals surface area contributed by atoms with Crippen LogP contribution in [0.1, 0.15) is 0 Å². The molecule has 120 valence electrons. The van der Waals surface area contributed by atoms with E-state index in [0.717, 1.165) is 11.5 Å². The van der Waals surface area contributed by atoms with Gasteiger partial charge in [-0.15, -0.1) is 0 Å². The number of likely N-dealkylation sites (N-methyl/N-ethyl adjacent to an activating group) is 1. The van der Waals surface area contributed by atoms with Crippen molar-refractivity contribution in [2.24, 2.45) is 0 Å². The third kappa shape index (κ3) is 5.99. The normalized spacial score (nSPS) is 11.7. The van der Waals surface area contributed by atoms with Crippen molar-refractivity contribution in [3.63, 3.8) is 0 Å². The third-order valence-electron chi connectivity index (χ3n) is 3.11. The van der Waals surface area contributed by atoms with Gasteiger partial charge in [0.25, 0.3) is 0 Å². The van der Waals surface area contributed by atoms with Gasteiger partial charge in [-0.3, -0.25) is 4.90 Å². The highest BCUT2D eigenvalue weighted by atomic mass is 16.5. The number of nitrogens with zero attached hydrogens (tertiary/aromatic N) is 2. The molecule has 0 saturated carbocycles. The molecule has 0 fully saturated rings. The Morgan fingerprint density at radius 1 is 1.04 bits per heavy atom. The van der Waals surface area contributed by atoms with E-state index in [4.69, 9.17) is 14.7 Å². The van der Waals surface area contributed by atoms with Gasteiger partial charge in [0.2, 0.25) is 0 Å². The molecule has 0 aromatic heterocycles. The number of ether oxygens (including phenoxy) is 2. The second-order valence-electron chi connectivity index (χ2n) is 5.21. The van der Waals surface area contributed by atoms with Crippen molar-refractivity contribution in [2.45, 2.75) is 6.10 Å². The molecular weight excluding hydrogens is 292 g/mol. The Labute approximate surface area is 136 Å². The molecule has 0 spiro atoms. The van der Waals surface area contributed by atoms with Gasteiger partial charge in [-0.05, 0) is 43.4 Å². The Bertz CT molecular complexity index is 623. The number of hydrogen-bond donors (Lipinski definition) is 1. The van der Waals surface area contributed by atoms with Crippen molar-refractivity contribution in [3.8, 4) is 23.3 Å². The second kappa shape index (κ2) is 8.79. The second-order valence-corrected chi connectivity index (χ2v) is 5.21. The summed E-state index contributed by atoms with van der Waals surface area (Å²) in [6.45, 7) is 0.847. The monoisotopic (exact) mass is 312 g/mol. The molecule has 5 heteroatoms. The highest BCUT2D eigenvalue weighted by Gasteiger charge is 2.09. The average molecular weight is 312 g/mol. The Balaban J connectivity index is 1.80. The summed E-state index contributed by atoms with van der Waals surface area (Å²) >= 11 is 0. The van der Waals surface area contributed by atoms with Crippen LogP contribution >= 0.6 is 0 Å². The first-order valence-corrected chi connectivity index (χ1v) is 7.36. The zero-order valence-electron chi connectivity index (χ0n) is 13.1. The van der Waals surface area contributed by atoms with Gasteiger partial charge in [-0.1, -0.05) is 18.2 Å². The van der Waals surface area contributed by atoms with Crippen LogP contribution in [0.5, 0.6) is 17.2 Å². The van der Waals surface area contributed by atoms with Crippen molar-refractivity contribution in [3.05, 3.63) is 54.6 Å². The molecule has 1 atom stereocenters. The molecule has 0 bridgehead atoms. The summed E-state index contributed by atoms with van der Waals surface area (Å²) in [4.78, 5) is 1.74. The van der Waals surface area contributed by atoms with Crippen LogP contribution < -0.4 is 9.47 Å². The molecule has 5 nitrogen and oxygen atoms in total. The van der Waals surface area contributed by atoms with Crippen LogP contribution in [-0.4, -0.2) is 42.9 Å². The summed E-state index contributed by atoms with van der Waals surface area (Å²) in [7, 11) is 1.78. The van der Waals surface area contributed by atoms with Crippen LogP contribution in [0.25, 0.3) is 0 Å². The summed E-state index contributed by atoms with van der Waals surface area (Å²) in [6, 6.07) is 18.8. The lowest BCUT2D eigenvalue weighted by atomic mass is 10.3. The zero-order chi connectivity index (χ0) is 16.5. The van der Waals surface area contributed by atoms with E-state index in [9.17, 15) is 5.11 Å². The van der Waals surface area contributed by atoms with Crippen molar-refractivity contribution in [2.75, 3.05) is 26.7 Å². The van der Waals surface area contributed by atoms with Crippen LogP contribution in [0.2, 0.25) is 0 Å². The van der Waals surface area contributed by atoms with Crippen LogP contribution in [0.15, 0.2) is 54.6 Å². The van der Waals surface area contributed by atoms with E-state index >= 15 is 0 Å². The van der Waals surface area contributed by atoms with E-state index in [1.165, 1.54) is 0 Å². The smallest absolute Gasteiger partial charge is 0.127 e. The Hall–Kier alpha value is -2.55. The lowest BCUT2D eigenvalue weighted by Gasteiger charge is -2.18. The van der Waals surface area contributed by atoms with Gasteiger partial charge in [0.1, 0.15) is 30.0 Å². The molecule has 0 aliphatic carbocycles. The Kier molecular flexibility index (Phi) is 6.42. The fourth-order valence-electron chi connectivity index (χ4n) is 2.02. The highest BCUT2D eigenvalue weighted by molar-refractivity contribution is 5.35. The molecule has 1 N–H and O–H groups in total. The maximum atomic E-state index is 9.86. The summed E-state index contributed by atoms with van der Waals surface area (Å²) < 4.78 is 11.2. The molecule has 2 rings (SSSR count). The first-order chi connectivity index (χ1) is 11.2. The number of aliphatic hydroxyl groups excluding tert-OH is 1. The topological polar surface area (TPSA) is 65.7 Å². The number of rotatable bonds is 8. The Morgan fingerprint density at radius 3 is 2.30 bits per heavy atom. The lowest BCUT2D eigenvalue weighted by molar-refractivity contribution is 0.0799. The summed E-state index contributed by atoms with van der Waals surface area (Å²) in [5.74, 6) is 2.15. The molecule has 2 aromatic rings. The molecule has 0 aliphatic rings. The average Bonchev–Trinajstić information content (AvgIpc) is 2.55. The van der Waals surface area contributed by atoms with Crippen molar-refractivity contribution >= 4 is 0 Å². The molecular formula is C18H20N2O3. The molecule has 0 heterocycles. The Morgan fingerprint density at radius 2 is 1.65 bits per heavy atom. The van der Waals surface area contributed by atoms with Gasteiger partial charge < -0.3 is 14.6 Å². The van der Waals surface area contributed by atoms with Crippen molar-refractivity contribution in [1.82, 2.24) is 4.90 Å². The number of para-hydroxylation sites is 1. The van der Waals surface area contributed by atoms with E-state index in [1.807, 2.05) is 48.5 Å². The number of aliphatic hydroxyl groups is 1. The first kappa shape index (κ1) is 16.8. The summed E-state index contributed by atoms with van der Waals surface area (Å²) in [5.41, 5.74) is 0. The zero-order valence-corrected chi connectivity index (χ0v) is 13.1. The van der Waals surface area contributed by atoms with Crippen LogP contribution in [0, 0.1) is 11.3 Å². The van der Waals surface area contributed by atoms with Crippen LogP contribution in [0.4, 0.5) is 0 Å². The molecule has 1 unspecified atom stereocenters. The summed E-state index contributed by atoms with van der Waals surface area (Å²) in [5, 5.41) is 18.4. The van der Waals surface area contributed by atoms with Gasteiger partial charge in [0, 0.05) is 6.54 Å². The minimum Gasteiger partial charge on any atom is -0.491 e. The molecule has 0 amide bonds. The highest BCUT2D eigenvalue weighted by Crippen LogP contribution is 2.23. The minimum atomic E-state index is -0.645. The molecule has 0 saturated heterocycles. The minimum absolute atomic E-state index is 0.175. The maximum absolute atomic E-state index is 9.86. The van der Waals surface area contributed by atoms with E-state index in [0.29, 0.717) is 12.3 Å². The van der Waals surface area contributed by atoms with E-state index in [2.05, 4.69) is 0 Å². The van der Waals surface area contributed by atoms with Gasteiger partial charge in [-0.25, -0.2) is 0 Å². The lowest BCUT2D eigenvalue weighted by Crippen LogP contribution is -2.33. The standard InChI is InChI=1S/C18H20N2O3/c1-20(12-11-19)13-15(21)14-22-16-7-9-18(10-8-16)23-17-5-3-2-4-6-17/h2-10,15,21H,12-14H2,1H3. The fourth-order valence-corrected chi connectivity index (χ4v) is 2.02. The molecule has 23 heavy (non-hydrogen) atoms. The molecule has 0 aliphatic heterocycles. The van der Waals surface area contributed by atoms with Gasteiger partial charge >= 0.3 is 0 Å². The molecule has 2 aromatic carbocycles. The quantitative estimate of drug-likeness (QED) is 0.759. The van der Waals surface area contributed by atoms with Gasteiger partial charge in [0.05, 0.1) is 12.6 Å². The number of benzene rings is 2. The first-order valence-electron chi connectivity index (χ1n) is 7.36. The van der Waals surface area contributed by atoms with Gasteiger partial charge in [-0.2, -0.15) is 5.26 Å². The molecule has 0 radical (unpaired) electrons. The number of hydrogen-bond acceptors (Lipinski definition) is 5. The fraction of sp³-hybridized carbons (Fsp3) is 0.278. The van der Waals surface area contributed by atoms with E-state index in [1.54, 1.807) is 24.1 Å². The third-order valence-corrected chi connectivity index (χ3v) is 3.11. The van der Waals surface area contributed by atoms with Crippen molar-refractivity contribution < 1.29 is 14.6 Å². The van der Waals surface area contributed by atoms with E-state index < -0.39 is 6.10 Å². The number of nitriles is 1. The van der Waals surface area contributed by atoms with E-state index in [-0.39, 0.29) is 13.2 Å². The largest absolute Gasteiger partial charge is 0.491 e. The maximum Gasteiger partial charge on any atom is 0.127 e. The SMILES string of the molecule is CN(CC#N)CC(O)COc1ccc(Oc2ccccc2)cc1. The van der Waals surface area contributed by atoms with Crippen LogP contribution in [0.3, 0.4) is 0 Å².